The molecule has 0 unspecified atom stereocenters. The maximum Gasteiger partial charge on any atom is 0.374 e. The fraction of sp³-hybridized carbons (Fsp3) is 0.667. The minimum atomic E-state index is -2.05. The van der Waals surface area contributed by atoms with E-state index in [0.29, 0.717) is 22.6 Å². The van der Waals surface area contributed by atoms with Crippen LogP contribution in [0.2, 0.25) is 16.6 Å². The molecule has 1 aromatic rings. The summed E-state index contributed by atoms with van der Waals surface area (Å²) in [4.78, 5) is 11.4. The van der Waals surface area contributed by atoms with Gasteiger partial charge in [-0.1, -0.05) is 41.5 Å². The van der Waals surface area contributed by atoms with Gasteiger partial charge in [-0.25, -0.2) is 4.79 Å². The third-order valence-electron chi connectivity index (χ3n) is 3.95. The second-order valence-electron chi connectivity index (χ2n) is 6.03. The average Bonchev–Trinajstić information content (AvgIpc) is 2.81. The van der Waals surface area contributed by atoms with E-state index in [9.17, 15) is 4.79 Å². The van der Waals surface area contributed by atoms with Gasteiger partial charge in [0.15, 0.2) is 0 Å². The van der Waals surface area contributed by atoms with E-state index in [4.69, 9.17) is 8.84 Å². The summed E-state index contributed by atoms with van der Waals surface area (Å²) in [6, 6.07) is 3.31. The fourth-order valence-corrected chi connectivity index (χ4v) is 8.28. The van der Waals surface area contributed by atoms with E-state index in [2.05, 4.69) is 46.3 Å². The van der Waals surface area contributed by atoms with Gasteiger partial charge in [0.25, 0.3) is 14.3 Å². The van der Waals surface area contributed by atoms with Crippen LogP contribution >= 0.6 is 0 Å². The Morgan fingerprint density at radius 2 is 1.55 bits per heavy atom. The van der Waals surface area contributed by atoms with Crippen molar-refractivity contribution in [2.24, 2.45) is 0 Å². The summed E-state index contributed by atoms with van der Waals surface area (Å²) in [5.41, 5.74) is 1.36. The Morgan fingerprint density at radius 3 is 1.95 bits per heavy atom. The van der Waals surface area contributed by atoms with Crippen LogP contribution in [0, 0.1) is 0 Å². The lowest BCUT2D eigenvalue weighted by Crippen LogP contribution is -2.50. The molecule has 0 fully saturated rings. The zero-order chi connectivity index (χ0) is 15.5. The average molecular weight is 298 g/mol. The van der Waals surface area contributed by atoms with Crippen molar-refractivity contribution in [1.29, 1.82) is 0 Å². The van der Waals surface area contributed by atoms with Crippen molar-refractivity contribution in [2.45, 2.75) is 58.2 Å². The van der Waals surface area contributed by atoms with Gasteiger partial charge in [-0.3, -0.25) is 0 Å². The Hall–Kier alpha value is -1.23. The van der Waals surface area contributed by atoms with Crippen LogP contribution in [-0.4, -0.2) is 21.4 Å². The molecule has 0 bridgehead atoms. The van der Waals surface area contributed by atoms with E-state index in [1.54, 1.807) is 12.1 Å². The summed E-state index contributed by atoms with van der Waals surface area (Å²) in [6.07, 6.45) is 0. The second kappa shape index (κ2) is 6.48. The van der Waals surface area contributed by atoms with Crippen molar-refractivity contribution in [2.75, 3.05) is 7.11 Å². The van der Waals surface area contributed by atoms with E-state index >= 15 is 0 Å². The Bertz CT molecular complexity index is 427. The van der Waals surface area contributed by atoms with Crippen LogP contribution in [0.4, 0.5) is 0 Å². The molecule has 1 rings (SSSR count). The number of carbonyl (C=O) groups is 1. The molecule has 0 aromatic carbocycles. The molecule has 1 heterocycles. The number of ether oxygens (including phenoxy) is 1. The summed E-state index contributed by atoms with van der Waals surface area (Å²) >= 11 is 0. The van der Waals surface area contributed by atoms with Gasteiger partial charge in [0.05, 0.1) is 7.11 Å². The van der Waals surface area contributed by atoms with Crippen LogP contribution in [0.3, 0.4) is 0 Å². The number of rotatable bonds is 6. The fourth-order valence-electron chi connectivity index (χ4n) is 3.11. The first kappa shape index (κ1) is 16.8. The highest BCUT2D eigenvalue weighted by Gasteiger charge is 2.47. The molecule has 0 saturated carbocycles. The highest BCUT2D eigenvalue weighted by atomic mass is 28.4. The quantitative estimate of drug-likeness (QED) is 0.568. The summed E-state index contributed by atoms with van der Waals surface area (Å²) in [5.74, 6) is 0.126. The molecule has 0 aliphatic carbocycles. The highest BCUT2D eigenvalue weighted by molar-refractivity contribution is 6.78. The molecule has 114 valence electrons. The maximum atomic E-state index is 11.4. The molecule has 0 aliphatic rings. The van der Waals surface area contributed by atoms with Gasteiger partial charge in [-0.05, 0) is 22.7 Å². The van der Waals surface area contributed by atoms with Crippen molar-refractivity contribution < 1.29 is 18.4 Å². The van der Waals surface area contributed by atoms with E-state index in [0.717, 1.165) is 0 Å². The molecular weight excluding hydrogens is 272 g/mol. The topological polar surface area (TPSA) is 48.7 Å². The lowest BCUT2D eigenvalue weighted by molar-refractivity contribution is 0.0560. The van der Waals surface area contributed by atoms with Gasteiger partial charge in [-0.15, -0.1) is 0 Å². The molecule has 0 atom stereocenters. The van der Waals surface area contributed by atoms with Gasteiger partial charge in [0.1, 0.15) is 0 Å². The normalized spacial score (nSPS) is 12.3. The van der Waals surface area contributed by atoms with Crippen molar-refractivity contribution in [1.82, 2.24) is 0 Å². The minimum absolute atomic E-state index is 0.182. The van der Waals surface area contributed by atoms with E-state index in [1.165, 1.54) is 7.11 Å². The lowest BCUT2D eigenvalue weighted by atomic mass is 10.5. The van der Waals surface area contributed by atoms with Crippen molar-refractivity contribution in [3.63, 3.8) is 0 Å². The number of hydrogen-bond donors (Lipinski definition) is 0. The number of hydrogen-bond acceptors (Lipinski definition) is 4. The molecule has 5 heteroatoms. The Balaban J connectivity index is 3.07. The molecule has 0 N–H and O–H groups in total. The monoisotopic (exact) mass is 298 g/mol. The highest BCUT2D eigenvalue weighted by Crippen LogP contribution is 2.42. The molecular formula is C15H26O4Si. The number of esters is 1. The summed E-state index contributed by atoms with van der Waals surface area (Å²) < 4.78 is 16.5. The maximum absolute atomic E-state index is 11.4. The first-order chi connectivity index (χ1) is 9.25. The molecule has 20 heavy (non-hydrogen) atoms. The van der Waals surface area contributed by atoms with Crippen LogP contribution in [0.25, 0.3) is 0 Å². The molecule has 4 nitrogen and oxygen atoms in total. The van der Waals surface area contributed by atoms with Gasteiger partial charge in [0.2, 0.25) is 5.76 Å². The van der Waals surface area contributed by atoms with Crippen molar-refractivity contribution >= 4 is 14.3 Å². The third kappa shape index (κ3) is 3.08. The number of furan rings is 1. The summed E-state index contributed by atoms with van der Waals surface area (Å²) in [7, 11) is -0.712. The predicted molar refractivity (Wildman–Crippen MR) is 81.7 cm³/mol. The van der Waals surface area contributed by atoms with Crippen molar-refractivity contribution in [3.8, 4) is 5.95 Å². The lowest BCUT2D eigenvalue weighted by Gasteiger charge is -2.41. The van der Waals surface area contributed by atoms with E-state index in [-0.39, 0.29) is 5.76 Å². The van der Waals surface area contributed by atoms with Crippen LogP contribution in [0.5, 0.6) is 5.95 Å². The molecule has 0 aliphatic heterocycles. The van der Waals surface area contributed by atoms with Crippen LogP contribution in [0.15, 0.2) is 16.5 Å². The standard InChI is InChI=1S/C15H26O4Si/c1-10(2)20(11(3)4,12(5)6)19-14-9-8-13(18-14)15(16)17-7/h8-12H,1-7H3. The Kier molecular flexibility index (Phi) is 5.45. The molecule has 1 aromatic heterocycles. The van der Waals surface area contributed by atoms with Gasteiger partial charge in [-0.2, -0.15) is 0 Å². The molecule has 0 amide bonds. The zero-order valence-corrected chi connectivity index (χ0v) is 14.5. The van der Waals surface area contributed by atoms with Crippen molar-refractivity contribution in [3.05, 3.63) is 17.9 Å². The summed E-state index contributed by atoms with van der Waals surface area (Å²) in [5, 5.41) is 0. The third-order valence-corrected chi connectivity index (χ3v) is 9.92. The largest absolute Gasteiger partial charge is 0.518 e. The zero-order valence-electron chi connectivity index (χ0n) is 13.5. The smallest absolute Gasteiger partial charge is 0.374 e. The predicted octanol–water partition coefficient (Wildman–Crippen LogP) is 4.62. The van der Waals surface area contributed by atoms with Crippen LogP contribution in [-0.2, 0) is 4.74 Å². The number of carbonyl (C=O) groups excluding carboxylic acids is 1. The molecule has 0 saturated heterocycles. The SMILES string of the molecule is COC(=O)c1ccc(O[Si](C(C)C)(C(C)C)C(C)C)o1. The summed E-state index contributed by atoms with van der Waals surface area (Å²) in [6.45, 7) is 13.2. The van der Waals surface area contributed by atoms with Gasteiger partial charge >= 0.3 is 5.97 Å². The Morgan fingerprint density at radius 1 is 1.05 bits per heavy atom. The van der Waals surface area contributed by atoms with Gasteiger partial charge in [0, 0.05) is 6.07 Å². The number of methoxy groups -OCH3 is 1. The van der Waals surface area contributed by atoms with E-state index in [1.807, 2.05) is 0 Å². The van der Waals surface area contributed by atoms with Gasteiger partial charge < -0.3 is 13.6 Å². The van der Waals surface area contributed by atoms with Crippen LogP contribution in [0.1, 0.15) is 52.1 Å². The first-order valence-electron chi connectivity index (χ1n) is 7.12. The molecule has 0 spiro atoms. The van der Waals surface area contributed by atoms with E-state index < -0.39 is 14.3 Å². The van der Waals surface area contributed by atoms with Crippen LogP contribution < -0.4 is 4.43 Å². The Labute approximate surface area is 122 Å². The molecule has 0 radical (unpaired) electrons. The first-order valence-corrected chi connectivity index (χ1v) is 9.26. The second-order valence-corrected chi connectivity index (χ2v) is 11.4. The minimum Gasteiger partial charge on any atom is -0.518 e.